The first-order valence-electron chi connectivity index (χ1n) is 6.11. The normalized spacial score (nSPS) is 20.2. The molecule has 0 nitrogen and oxygen atoms in total. The molecule has 0 radical (unpaired) electrons. The fourth-order valence-electron chi connectivity index (χ4n) is 3.21. The summed E-state index contributed by atoms with van der Waals surface area (Å²) in [5.74, 6) is 0. The second kappa shape index (κ2) is 3.59. The monoisotopic (exact) mass is 230 g/mol. The summed E-state index contributed by atoms with van der Waals surface area (Å²) in [4.78, 5) is 0. The molecular weight excluding hydrogens is 208 g/mol. The molecule has 0 heterocycles. The minimum Gasteiger partial charge on any atom is -0.0688 e. The van der Waals surface area contributed by atoms with Gasteiger partial charge in [0.2, 0.25) is 0 Å². The van der Waals surface area contributed by atoms with Gasteiger partial charge in [-0.2, -0.15) is 0 Å². The van der Waals surface area contributed by atoms with E-state index in [-0.39, 0.29) is 0 Å². The van der Waals surface area contributed by atoms with Gasteiger partial charge in [-0.05, 0) is 43.0 Å². The van der Waals surface area contributed by atoms with Crippen molar-refractivity contribution < 1.29 is 0 Å². The summed E-state index contributed by atoms with van der Waals surface area (Å²) >= 11 is 0. The summed E-state index contributed by atoms with van der Waals surface area (Å²) < 4.78 is 0. The van der Waals surface area contributed by atoms with Gasteiger partial charge in [-0.3, -0.25) is 0 Å². The molecule has 0 aliphatic heterocycles. The van der Waals surface area contributed by atoms with Gasteiger partial charge >= 0.3 is 0 Å². The lowest BCUT2D eigenvalue weighted by Crippen LogP contribution is -2.30. The Morgan fingerprint density at radius 3 is 2.19 bits per heavy atom. The van der Waals surface area contributed by atoms with Crippen molar-refractivity contribution in [2.24, 2.45) is 0 Å². The maximum atomic E-state index is 2.48. The Morgan fingerprint density at radius 2 is 1.62 bits per heavy atom. The van der Waals surface area contributed by atoms with E-state index in [2.05, 4.69) is 58.6 Å². The molecule has 86 valence electrons. The van der Waals surface area contributed by atoms with Crippen LogP contribution in [0, 0.1) is 6.92 Å². The summed E-state index contributed by atoms with van der Waals surface area (Å²) in [6.07, 6.45) is 0. The quantitative estimate of drug-likeness (QED) is 0.610. The molecule has 0 N–H and O–H groups in total. The van der Waals surface area contributed by atoms with Crippen LogP contribution >= 0.6 is 0 Å². The number of rotatable bonds is 1. The minimum absolute atomic E-state index is 0.724. The zero-order chi connectivity index (χ0) is 12.1. The Balaban J connectivity index is 2.68. The number of aryl methyl sites for hydroxylation is 1. The van der Waals surface area contributed by atoms with Crippen molar-refractivity contribution in [2.45, 2.75) is 46.0 Å². The zero-order valence-corrected chi connectivity index (χ0v) is 12.3. The van der Waals surface area contributed by atoms with E-state index in [0.29, 0.717) is 0 Å². The van der Waals surface area contributed by atoms with Crippen LogP contribution in [0.15, 0.2) is 23.8 Å². The topological polar surface area (TPSA) is 0 Å². The van der Waals surface area contributed by atoms with E-state index in [9.17, 15) is 0 Å². The highest BCUT2D eigenvalue weighted by Gasteiger charge is 2.36. The molecule has 0 saturated carbocycles. The molecule has 1 aromatic carbocycles. The molecule has 16 heavy (non-hydrogen) atoms. The molecule has 1 aromatic rings. The van der Waals surface area contributed by atoms with Crippen LogP contribution in [-0.2, 0) is 0 Å². The van der Waals surface area contributed by atoms with Crippen molar-refractivity contribution in [1.82, 2.24) is 0 Å². The summed E-state index contributed by atoms with van der Waals surface area (Å²) in [7, 11) is -1.16. The second-order valence-electron chi connectivity index (χ2n) is 6.15. The van der Waals surface area contributed by atoms with Crippen molar-refractivity contribution in [2.75, 3.05) is 0 Å². The molecule has 0 aromatic heterocycles. The Kier molecular flexibility index (Phi) is 2.62. The lowest BCUT2D eigenvalue weighted by atomic mass is 10.0. The Hall–Kier alpha value is -0.823. The van der Waals surface area contributed by atoms with Crippen LogP contribution in [0.5, 0.6) is 0 Å². The maximum absolute atomic E-state index is 2.48. The largest absolute Gasteiger partial charge is 0.0688 e. The molecular formula is C15H22Si. The van der Waals surface area contributed by atoms with Gasteiger partial charge in [-0.1, -0.05) is 43.4 Å². The van der Waals surface area contributed by atoms with Crippen LogP contribution in [0.25, 0.3) is 5.57 Å². The maximum Gasteiger partial charge on any atom is 0.0569 e. The average Bonchev–Trinajstić information content (AvgIpc) is 2.39. The summed E-state index contributed by atoms with van der Waals surface area (Å²) in [5, 5.41) is 0. The number of hydrogen-bond acceptors (Lipinski definition) is 0. The predicted octanol–water partition coefficient (Wildman–Crippen LogP) is 4.76. The highest BCUT2D eigenvalue weighted by atomic mass is 28.3. The Bertz CT molecular complexity index is 461. The van der Waals surface area contributed by atoms with Crippen molar-refractivity contribution in [3.05, 3.63) is 40.5 Å². The van der Waals surface area contributed by atoms with Crippen LogP contribution in [0.3, 0.4) is 0 Å². The van der Waals surface area contributed by atoms with Gasteiger partial charge < -0.3 is 0 Å². The van der Waals surface area contributed by atoms with E-state index in [4.69, 9.17) is 0 Å². The molecule has 1 atom stereocenters. The van der Waals surface area contributed by atoms with E-state index < -0.39 is 8.07 Å². The van der Waals surface area contributed by atoms with Crippen LogP contribution in [0.1, 0.15) is 36.1 Å². The first-order chi connectivity index (χ1) is 7.34. The van der Waals surface area contributed by atoms with Gasteiger partial charge in [0.05, 0.1) is 8.07 Å². The SMILES string of the molecule is CC1=C(C)C([Si](C)(C)C)c2cccc(C)c21. The summed E-state index contributed by atoms with van der Waals surface area (Å²) in [6.45, 7) is 14.3. The average molecular weight is 230 g/mol. The molecule has 0 amide bonds. The lowest BCUT2D eigenvalue weighted by molar-refractivity contribution is 1.07. The third-order valence-electron chi connectivity index (χ3n) is 3.88. The first kappa shape index (κ1) is 11.7. The van der Waals surface area contributed by atoms with Crippen molar-refractivity contribution in [3.8, 4) is 0 Å². The van der Waals surface area contributed by atoms with Crippen molar-refractivity contribution in [1.29, 1.82) is 0 Å². The molecule has 0 saturated heterocycles. The molecule has 0 spiro atoms. The fourth-order valence-corrected chi connectivity index (χ4v) is 5.90. The van der Waals surface area contributed by atoms with Crippen LogP contribution < -0.4 is 0 Å². The molecule has 1 aliphatic carbocycles. The fraction of sp³-hybridized carbons (Fsp3) is 0.467. The molecule has 0 fully saturated rings. The van der Waals surface area contributed by atoms with Crippen LogP contribution in [0.2, 0.25) is 19.6 Å². The minimum atomic E-state index is -1.16. The van der Waals surface area contributed by atoms with Crippen LogP contribution in [0.4, 0.5) is 0 Å². The first-order valence-corrected chi connectivity index (χ1v) is 9.69. The zero-order valence-electron chi connectivity index (χ0n) is 11.3. The van der Waals surface area contributed by atoms with Gasteiger partial charge in [-0.25, -0.2) is 0 Å². The highest BCUT2D eigenvalue weighted by molar-refractivity contribution is 6.78. The molecule has 1 unspecified atom stereocenters. The Morgan fingerprint density at radius 1 is 1.00 bits per heavy atom. The predicted molar refractivity (Wildman–Crippen MR) is 75.5 cm³/mol. The van der Waals surface area contributed by atoms with Gasteiger partial charge in [-0.15, -0.1) is 0 Å². The third kappa shape index (κ3) is 1.58. The Labute approximate surface area is 100 Å². The number of hydrogen-bond donors (Lipinski definition) is 0. The van der Waals surface area contributed by atoms with Crippen molar-refractivity contribution >= 4 is 13.6 Å². The van der Waals surface area contributed by atoms with Gasteiger partial charge in [0.1, 0.15) is 0 Å². The summed E-state index contributed by atoms with van der Waals surface area (Å²) in [6, 6.07) is 6.79. The van der Waals surface area contributed by atoms with E-state index in [1.54, 1.807) is 11.1 Å². The van der Waals surface area contributed by atoms with E-state index in [1.807, 2.05) is 0 Å². The van der Waals surface area contributed by atoms with Gasteiger partial charge in [0.15, 0.2) is 0 Å². The highest BCUT2D eigenvalue weighted by Crippen LogP contribution is 2.47. The molecule has 2 rings (SSSR count). The third-order valence-corrected chi connectivity index (χ3v) is 6.36. The van der Waals surface area contributed by atoms with E-state index in [0.717, 1.165) is 5.54 Å². The van der Waals surface area contributed by atoms with Crippen LogP contribution in [-0.4, -0.2) is 8.07 Å². The van der Waals surface area contributed by atoms with Gasteiger partial charge in [0.25, 0.3) is 0 Å². The number of benzene rings is 1. The standard InChI is InChI=1S/C15H22Si/c1-10-8-7-9-13-14(10)11(2)12(3)15(13)16(4,5)6/h7-9,15H,1-6H3. The lowest BCUT2D eigenvalue weighted by Gasteiger charge is -2.27. The summed E-state index contributed by atoms with van der Waals surface area (Å²) in [5.41, 5.74) is 8.43. The van der Waals surface area contributed by atoms with Crippen molar-refractivity contribution in [3.63, 3.8) is 0 Å². The molecule has 1 heteroatoms. The van der Waals surface area contributed by atoms with Gasteiger partial charge in [0, 0.05) is 5.54 Å². The smallest absolute Gasteiger partial charge is 0.0569 e. The van der Waals surface area contributed by atoms with E-state index in [1.165, 1.54) is 16.7 Å². The van der Waals surface area contributed by atoms with E-state index >= 15 is 0 Å². The molecule has 1 aliphatic rings. The number of allylic oxidation sites excluding steroid dienone is 2. The molecule has 0 bridgehead atoms. The second-order valence-corrected chi connectivity index (χ2v) is 11.5. The number of fused-ring (bicyclic) bond motifs is 1.